The molecule has 10 heteroatoms. The summed E-state index contributed by atoms with van der Waals surface area (Å²) in [6.45, 7) is 1.96. The molecule has 1 saturated carbocycles. The van der Waals surface area contributed by atoms with Crippen LogP contribution in [0.3, 0.4) is 0 Å². The Bertz CT molecular complexity index is 1480. The Morgan fingerprint density at radius 1 is 1.26 bits per heavy atom. The molecule has 0 radical (unpaired) electrons. The Balaban J connectivity index is 1.63. The Hall–Kier alpha value is -2.75. The summed E-state index contributed by atoms with van der Waals surface area (Å²) in [6.07, 6.45) is 2.54. The Morgan fingerprint density at radius 2 is 2.03 bits per heavy atom. The number of rotatable bonds is 8. The van der Waals surface area contributed by atoms with E-state index < -0.39 is 10.0 Å². The molecule has 2 atom stereocenters. The Morgan fingerprint density at radius 3 is 2.68 bits per heavy atom. The number of nitrogens with two attached hydrogens (primary N) is 1. The monoisotopic (exact) mass is 515 g/mol. The predicted octanol–water partition coefficient (Wildman–Crippen LogP) is 4.87. The van der Waals surface area contributed by atoms with Crippen LogP contribution in [0.1, 0.15) is 24.7 Å². The summed E-state index contributed by atoms with van der Waals surface area (Å²) in [7, 11) is -3.90. The number of aromatic nitrogens is 2. The number of primary amides is 1. The Kier molecular flexibility index (Phi) is 5.74. The quantitative estimate of drug-likeness (QED) is 0.335. The lowest BCUT2D eigenvalue weighted by Crippen LogP contribution is -2.21. The molecule has 0 aliphatic heterocycles. The lowest BCUT2D eigenvalue weighted by molar-refractivity contribution is -0.119. The zero-order valence-electron chi connectivity index (χ0n) is 18.3. The third-order valence-corrected chi connectivity index (χ3v) is 9.60. The number of amides is 1. The molecule has 2 aromatic carbocycles. The largest absolute Gasteiger partial charge is 0.369 e. The van der Waals surface area contributed by atoms with Crippen LogP contribution in [-0.2, 0) is 27.0 Å². The van der Waals surface area contributed by atoms with Gasteiger partial charge in [0.15, 0.2) is 0 Å². The normalized spacial score (nSPS) is 20.0. The number of thioether (sulfide) groups is 1. The molecule has 1 aliphatic carbocycles. The van der Waals surface area contributed by atoms with E-state index in [2.05, 4.69) is 5.16 Å². The minimum atomic E-state index is -3.90. The zero-order chi connectivity index (χ0) is 24.1. The lowest BCUT2D eigenvalue weighted by Gasteiger charge is -2.16. The lowest BCUT2D eigenvalue weighted by atomic mass is 9.99. The van der Waals surface area contributed by atoms with E-state index in [-0.39, 0.29) is 22.1 Å². The number of fused-ring (bicyclic) bond motifs is 1. The number of nitrogens with zero attached hydrogens (tertiary/aromatic N) is 2. The van der Waals surface area contributed by atoms with Gasteiger partial charge in [0.1, 0.15) is 6.26 Å². The van der Waals surface area contributed by atoms with Crippen LogP contribution in [0.4, 0.5) is 0 Å². The van der Waals surface area contributed by atoms with Gasteiger partial charge in [-0.1, -0.05) is 41.9 Å². The van der Waals surface area contributed by atoms with E-state index in [9.17, 15) is 13.2 Å². The summed E-state index contributed by atoms with van der Waals surface area (Å²) in [4.78, 5) is 12.7. The molecule has 176 valence electrons. The molecular weight excluding hydrogens is 494 g/mol. The van der Waals surface area contributed by atoms with Gasteiger partial charge in [-0.15, -0.1) is 11.8 Å². The van der Waals surface area contributed by atoms with Gasteiger partial charge in [0, 0.05) is 33.7 Å². The second-order valence-corrected chi connectivity index (χ2v) is 12.0. The van der Waals surface area contributed by atoms with Crippen molar-refractivity contribution in [1.29, 1.82) is 0 Å². The fraction of sp³-hybridized carbons (Fsp3) is 0.250. The molecule has 2 heterocycles. The first kappa shape index (κ1) is 23.0. The average molecular weight is 516 g/mol. The van der Waals surface area contributed by atoms with E-state index in [4.69, 9.17) is 21.9 Å². The standard InChI is InChI=1S/C24H22ClN3O4S2/c1-24(13-19(24)23(26)29)12-17-9-15-10-20(25)22(33-14-16-7-8-32-27-16)11-21(15)28(17)34(30,31)18-5-3-2-4-6-18/h2-11,19H,12-14H2,1H3,(H2,26,29). The number of carbonyl (C=O) groups excluding carboxylic acids is 1. The van der Waals surface area contributed by atoms with Gasteiger partial charge in [-0.2, -0.15) is 0 Å². The molecule has 2 N–H and O–H groups in total. The molecule has 7 nitrogen and oxygen atoms in total. The number of hydrogen-bond donors (Lipinski definition) is 1. The van der Waals surface area contributed by atoms with Crippen molar-refractivity contribution in [1.82, 2.24) is 9.13 Å². The van der Waals surface area contributed by atoms with E-state index >= 15 is 0 Å². The highest BCUT2D eigenvalue weighted by Crippen LogP contribution is 2.54. The zero-order valence-corrected chi connectivity index (χ0v) is 20.7. The van der Waals surface area contributed by atoms with Crippen molar-refractivity contribution >= 4 is 50.2 Å². The van der Waals surface area contributed by atoms with Crippen molar-refractivity contribution in [3.63, 3.8) is 0 Å². The molecular formula is C24H22ClN3O4S2. The molecule has 2 aromatic heterocycles. The maximum absolute atomic E-state index is 13.8. The molecule has 2 unspecified atom stereocenters. The third-order valence-electron chi connectivity index (χ3n) is 6.31. The molecule has 0 saturated heterocycles. The van der Waals surface area contributed by atoms with Crippen molar-refractivity contribution in [3.8, 4) is 0 Å². The third kappa shape index (κ3) is 4.12. The van der Waals surface area contributed by atoms with E-state index in [1.807, 2.05) is 13.0 Å². The molecule has 0 bridgehead atoms. The highest BCUT2D eigenvalue weighted by molar-refractivity contribution is 7.98. The van der Waals surface area contributed by atoms with Crippen LogP contribution < -0.4 is 5.73 Å². The number of carbonyl (C=O) groups is 1. The molecule has 34 heavy (non-hydrogen) atoms. The van der Waals surface area contributed by atoms with Crippen LogP contribution in [-0.4, -0.2) is 23.5 Å². The van der Waals surface area contributed by atoms with Gasteiger partial charge in [-0.05, 0) is 48.6 Å². The average Bonchev–Trinajstić information content (AvgIpc) is 3.12. The predicted molar refractivity (Wildman–Crippen MR) is 131 cm³/mol. The summed E-state index contributed by atoms with van der Waals surface area (Å²) in [5.74, 6) is -0.0970. The second kappa shape index (κ2) is 8.48. The fourth-order valence-electron chi connectivity index (χ4n) is 4.38. The van der Waals surface area contributed by atoms with Gasteiger partial charge in [0.05, 0.1) is 21.1 Å². The highest BCUT2D eigenvalue weighted by Gasteiger charge is 2.54. The minimum absolute atomic E-state index is 0.188. The fourth-order valence-corrected chi connectivity index (χ4v) is 7.12. The molecule has 5 rings (SSSR count). The van der Waals surface area contributed by atoms with Crippen LogP contribution in [0.5, 0.6) is 0 Å². The first-order valence-corrected chi connectivity index (χ1v) is 13.5. The van der Waals surface area contributed by atoms with E-state index in [0.29, 0.717) is 40.2 Å². The summed E-state index contributed by atoms with van der Waals surface area (Å²) in [5, 5.41) is 5.15. The van der Waals surface area contributed by atoms with Crippen LogP contribution in [0.25, 0.3) is 10.9 Å². The van der Waals surface area contributed by atoms with Gasteiger partial charge >= 0.3 is 0 Å². The van der Waals surface area contributed by atoms with Crippen molar-refractivity contribution in [3.05, 3.63) is 77.3 Å². The molecule has 1 amide bonds. The van der Waals surface area contributed by atoms with Gasteiger partial charge in [0.2, 0.25) is 5.91 Å². The van der Waals surface area contributed by atoms with Gasteiger partial charge < -0.3 is 10.3 Å². The maximum Gasteiger partial charge on any atom is 0.268 e. The first-order valence-electron chi connectivity index (χ1n) is 10.6. The SMILES string of the molecule is CC1(Cc2cc3cc(Cl)c(SCc4ccon4)cc3n2S(=O)(=O)c2ccccc2)CC1C(N)=O. The summed E-state index contributed by atoms with van der Waals surface area (Å²) >= 11 is 8.01. The molecule has 1 fully saturated rings. The maximum atomic E-state index is 13.8. The van der Waals surface area contributed by atoms with Crippen LogP contribution >= 0.6 is 23.4 Å². The first-order chi connectivity index (χ1) is 16.2. The van der Waals surface area contributed by atoms with Gasteiger partial charge in [-0.25, -0.2) is 12.4 Å². The summed E-state index contributed by atoms with van der Waals surface area (Å²) < 4.78 is 33.9. The van der Waals surface area contributed by atoms with Crippen molar-refractivity contribution in [2.24, 2.45) is 17.1 Å². The van der Waals surface area contributed by atoms with Crippen molar-refractivity contribution in [2.45, 2.75) is 35.3 Å². The van der Waals surface area contributed by atoms with Gasteiger partial charge in [-0.3, -0.25) is 4.79 Å². The van der Waals surface area contributed by atoms with E-state index in [1.54, 1.807) is 48.5 Å². The Labute approximate surface area is 206 Å². The topological polar surface area (TPSA) is 108 Å². The van der Waals surface area contributed by atoms with Crippen LogP contribution in [0.2, 0.25) is 5.02 Å². The smallest absolute Gasteiger partial charge is 0.268 e. The number of benzene rings is 2. The van der Waals surface area contributed by atoms with Crippen molar-refractivity contribution in [2.75, 3.05) is 0 Å². The van der Waals surface area contributed by atoms with Crippen LogP contribution in [0, 0.1) is 11.3 Å². The highest BCUT2D eigenvalue weighted by atomic mass is 35.5. The minimum Gasteiger partial charge on any atom is -0.369 e. The number of halogens is 1. The van der Waals surface area contributed by atoms with Crippen molar-refractivity contribution < 1.29 is 17.7 Å². The molecule has 1 aliphatic rings. The molecule has 0 spiro atoms. The second-order valence-electron chi connectivity index (χ2n) is 8.83. The summed E-state index contributed by atoms with van der Waals surface area (Å²) in [6, 6.07) is 15.5. The summed E-state index contributed by atoms with van der Waals surface area (Å²) in [5.41, 5.74) is 7.05. The number of hydrogen-bond acceptors (Lipinski definition) is 6. The van der Waals surface area contributed by atoms with E-state index in [0.717, 1.165) is 10.6 Å². The van der Waals surface area contributed by atoms with Gasteiger partial charge in [0.25, 0.3) is 10.0 Å². The van der Waals surface area contributed by atoms with E-state index in [1.165, 1.54) is 22.0 Å². The molecule has 4 aromatic rings. The van der Waals surface area contributed by atoms with Crippen LogP contribution in [0.15, 0.2) is 75.2 Å².